The Morgan fingerprint density at radius 2 is 1.41 bits per heavy atom. The summed E-state index contributed by atoms with van der Waals surface area (Å²) in [6.45, 7) is 1.93. The molecule has 0 aliphatic heterocycles. The first-order valence-electron chi connectivity index (χ1n) is 14.3. The third-order valence-corrected chi connectivity index (χ3v) is 8.98. The number of amides is 3. The highest BCUT2D eigenvalue weighted by atomic mass is 35.5. The van der Waals surface area contributed by atoms with Crippen molar-refractivity contribution < 1.29 is 14.4 Å². The summed E-state index contributed by atoms with van der Waals surface area (Å²) in [4.78, 5) is 41.0. The van der Waals surface area contributed by atoms with Crippen LogP contribution >= 0.6 is 35.0 Å². The Balaban J connectivity index is 1.39. The minimum atomic E-state index is -0.649. The van der Waals surface area contributed by atoms with Gasteiger partial charge < -0.3 is 16.0 Å². The van der Waals surface area contributed by atoms with Crippen molar-refractivity contribution in [2.45, 2.75) is 17.1 Å². The number of halogens is 2. The van der Waals surface area contributed by atoms with Crippen LogP contribution in [0.15, 0.2) is 138 Å². The summed E-state index contributed by atoms with van der Waals surface area (Å²) in [5.74, 6) is -1.19. The number of nitrogens with one attached hydrogen (secondary N) is 3. The zero-order valence-corrected chi connectivity index (χ0v) is 27.0. The first-order valence-corrected chi connectivity index (χ1v) is 15.9. The van der Waals surface area contributed by atoms with Crippen LogP contribution in [-0.4, -0.2) is 17.7 Å². The van der Waals surface area contributed by atoms with E-state index in [9.17, 15) is 14.4 Å². The highest BCUT2D eigenvalue weighted by molar-refractivity contribution is 8.00. The van der Waals surface area contributed by atoms with E-state index in [0.717, 1.165) is 21.6 Å². The Morgan fingerprint density at radius 3 is 2.15 bits per heavy atom. The molecule has 0 aromatic heterocycles. The summed E-state index contributed by atoms with van der Waals surface area (Å²) < 4.78 is 0. The molecule has 230 valence electrons. The van der Waals surface area contributed by atoms with Crippen LogP contribution in [0.1, 0.15) is 32.3 Å². The van der Waals surface area contributed by atoms with Crippen LogP contribution in [0.4, 0.5) is 11.4 Å². The number of aryl methyl sites for hydroxylation is 1. The zero-order valence-electron chi connectivity index (χ0n) is 24.7. The van der Waals surface area contributed by atoms with Crippen molar-refractivity contribution in [2.24, 2.45) is 0 Å². The summed E-state index contributed by atoms with van der Waals surface area (Å²) in [5, 5.41) is 8.52. The van der Waals surface area contributed by atoms with Gasteiger partial charge in [-0.15, -0.1) is 11.8 Å². The number of thioether (sulfide) groups is 1. The lowest BCUT2D eigenvalue weighted by atomic mass is 10.1. The number of hydrogen-bond acceptors (Lipinski definition) is 4. The fourth-order valence-corrected chi connectivity index (χ4v) is 5.96. The molecule has 0 spiro atoms. The normalized spacial score (nSPS) is 11.8. The molecule has 0 heterocycles. The molecular weight excluding hydrogens is 637 g/mol. The van der Waals surface area contributed by atoms with Crippen molar-refractivity contribution in [1.82, 2.24) is 5.32 Å². The average molecular weight is 667 g/mol. The van der Waals surface area contributed by atoms with Gasteiger partial charge in [0, 0.05) is 16.1 Å². The van der Waals surface area contributed by atoms with Gasteiger partial charge in [0.25, 0.3) is 11.8 Å². The van der Waals surface area contributed by atoms with E-state index in [1.54, 1.807) is 66.7 Å². The maximum Gasteiger partial charge on any atom is 0.272 e. The van der Waals surface area contributed by atoms with Crippen LogP contribution in [-0.2, 0) is 9.59 Å². The lowest BCUT2D eigenvalue weighted by molar-refractivity contribution is -0.116. The monoisotopic (exact) mass is 665 g/mol. The Morgan fingerprint density at radius 1 is 0.739 bits per heavy atom. The summed E-state index contributed by atoms with van der Waals surface area (Å²) >= 11 is 13.8. The maximum atomic E-state index is 13.6. The molecule has 3 N–H and O–H groups in total. The molecule has 3 amide bonds. The first-order chi connectivity index (χ1) is 22.3. The molecule has 0 aliphatic rings. The van der Waals surface area contributed by atoms with E-state index >= 15 is 0 Å². The molecule has 46 heavy (non-hydrogen) atoms. The second-order valence-corrected chi connectivity index (χ2v) is 12.2. The molecule has 1 unspecified atom stereocenters. The SMILES string of the molecule is Cc1ccccc1/C=C(\NC(=O)c1ccccc1)C(=O)Nc1cccc(SC(C(=O)Nc2cccc(Cl)c2Cl)c2ccccc2)c1. The van der Waals surface area contributed by atoms with E-state index in [1.165, 1.54) is 11.8 Å². The number of rotatable bonds is 10. The summed E-state index contributed by atoms with van der Waals surface area (Å²) in [6.07, 6.45) is 1.65. The highest BCUT2D eigenvalue weighted by Crippen LogP contribution is 2.38. The Bertz CT molecular complexity index is 1900. The fraction of sp³-hybridized carbons (Fsp3) is 0.0541. The molecule has 5 aromatic carbocycles. The Kier molecular flexibility index (Phi) is 10.9. The molecule has 0 bridgehead atoms. The van der Waals surface area contributed by atoms with Crippen molar-refractivity contribution >= 4 is 70.1 Å². The second-order valence-electron chi connectivity index (χ2n) is 10.2. The topological polar surface area (TPSA) is 87.3 Å². The van der Waals surface area contributed by atoms with E-state index < -0.39 is 17.1 Å². The van der Waals surface area contributed by atoms with Crippen LogP contribution in [0.5, 0.6) is 0 Å². The number of carbonyl (C=O) groups is 3. The summed E-state index contributed by atoms with van der Waals surface area (Å²) in [5.41, 5.74) is 3.93. The number of anilines is 2. The van der Waals surface area contributed by atoms with Crippen molar-refractivity contribution in [3.05, 3.63) is 165 Å². The minimum Gasteiger partial charge on any atom is -0.323 e. The maximum absolute atomic E-state index is 13.6. The Hall–Kier alpha value is -4.82. The van der Waals surface area contributed by atoms with Crippen LogP contribution < -0.4 is 16.0 Å². The molecular formula is C37H29Cl2N3O3S. The van der Waals surface area contributed by atoms with Crippen molar-refractivity contribution in [2.75, 3.05) is 10.6 Å². The van der Waals surface area contributed by atoms with E-state index in [4.69, 9.17) is 23.2 Å². The van der Waals surface area contributed by atoms with Gasteiger partial charge in [-0.2, -0.15) is 0 Å². The second kappa shape index (κ2) is 15.5. The van der Waals surface area contributed by atoms with Gasteiger partial charge in [-0.25, -0.2) is 0 Å². The lowest BCUT2D eigenvalue weighted by Gasteiger charge is -2.18. The van der Waals surface area contributed by atoms with E-state index in [2.05, 4.69) is 16.0 Å². The molecule has 0 radical (unpaired) electrons. The largest absolute Gasteiger partial charge is 0.323 e. The van der Waals surface area contributed by atoms with Crippen LogP contribution in [0.3, 0.4) is 0 Å². The first kappa shape index (κ1) is 32.6. The molecule has 0 saturated heterocycles. The quantitative estimate of drug-likeness (QED) is 0.103. The van der Waals surface area contributed by atoms with Crippen LogP contribution in [0.2, 0.25) is 10.0 Å². The van der Waals surface area contributed by atoms with E-state index in [-0.39, 0.29) is 16.6 Å². The van der Waals surface area contributed by atoms with Crippen LogP contribution in [0, 0.1) is 6.92 Å². The van der Waals surface area contributed by atoms with Gasteiger partial charge in [0.2, 0.25) is 5.91 Å². The minimum absolute atomic E-state index is 0.0844. The van der Waals surface area contributed by atoms with Gasteiger partial charge in [0.05, 0.1) is 15.7 Å². The predicted molar refractivity (Wildman–Crippen MR) is 188 cm³/mol. The van der Waals surface area contributed by atoms with Gasteiger partial charge in [-0.05, 0) is 72.2 Å². The number of hydrogen-bond donors (Lipinski definition) is 3. The Labute approximate surface area is 281 Å². The summed E-state index contributed by atoms with van der Waals surface area (Å²) in [6, 6.07) is 37.9. The molecule has 0 aliphatic carbocycles. The lowest BCUT2D eigenvalue weighted by Crippen LogP contribution is -2.30. The average Bonchev–Trinajstić information content (AvgIpc) is 3.07. The van der Waals surface area contributed by atoms with Crippen molar-refractivity contribution in [3.8, 4) is 0 Å². The van der Waals surface area contributed by atoms with E-state index in [1.807, 2.05) is 73.7 Å². The van der Waals surface area contributed by atoms with Gasteiger partial charge in [-0.3, -0.25) is 14.4 Å². The van der Waals surface area contributed by atoms with Gasteiger partial charge in [0.15, 0.2) is 0 Å². The molecule has 0 saturated carbocycles. The molecule has 5 aromatic rings. The summed E-state index contributed by atoms with van der Waals surface area (Å²) in [7, 11) is 0. The fourth-order valence-electron chi connectivity index (χ4n) is 4.53. The number of benzene rings is 5. The van der Waals surface area contributed by atoms with Crippen molar-refractivity contribution in [3.63, 3.8) is 0 Å². The molecule has 5 rings (SSSR count). The van der Waals surface area contributed by atoms with E-state index in [0.29, 0.717) is 22.0 Å². The predicted octanol–water partition coefficient (Wildman–Crippen LogP) is 9.18. The zero-order chi connectivity index (χ0) is 32.5. The third kappa shape index (κ3) is 8.46. The van der Waals surface area contributed by atoms with Gasteiger partial charge >= 0.3 is 0 Å². The number of carbonyl (C=O) groups excluding carboxylic acids is 3. The standard InChI is InChI=1S/C37H29Cl2N3O3S/c1-24-12-8-9-17-27(24)22-32(42-35(43)26-15-6-3-7-16-26)36(44)40-28-18-10-19-29(23-28)46-34(25-13-4-2-5-14-25)37(45)41-31-21-11-20-30(38)33(31)39/h2-23,34H,1H3,(H,40,44)(H,41,45)(H,42,43)/b32-22-. The smallest absolute Gasteiger partial charge is 0.272 e. The van der Waals surface area contributed by atoms with Gasteiger partial charge in [0.1, 0.15) is 10.9 Å². The molecule has 6 nitrogen and oxygen atoms in total. The van der Waals surface area contributed by atoms with Gasteiger partial charge in [-0.1, -0.05) is 108 Å². The molecule has 1 atom stereocenters. The van der Waals surface area contributed by atoms with Crippen LogP contribution in [0.25, 0.3) is 6.08 Å². The highest BCUT2D eigenvalue weighted by Gasteiger charge is 2.24. The third-order valence-electron chi connectivity index (χ3n) is 6.91. The molecule has 0 fully saturated rings. The van der Waals surface area contributed by atoms with Crippen molar-refractivity contribution in [1.29, 1.82) is 0 Å². The molecule has 9 heteroatoms.